The summed E-state index contributed by atoms with van der Waals surface area (Å²) in [5.41, 5.74) is 8.14. The zero-order valence-electron chi connectivity index (χ0n) is 11.6. The van der Waals surface area contributed by atoms with Crippen LogP contribution in [-0.2, 0) is 6.42 Å². The first kappa shape index (κ1) is 15.8. The van der Waals surface area contributed by atoms with Crippen molar-refractivity contribution in [3.8, 4) is 0 Å². The van der Waals surface area contributed by atoms with Gasteiger partial charge in [-0.05, 0) is 53.1 Å². The Labute approximate surface area is 126 Å². The fourth-order valence-electron chi connectivity index (χ4n) is 2.19. The van der Waals surface area contributed by atoms with Crippen LogP contribution in [0.3, 0.4) is 0 Å². The molecule has 1 rings (SSSR count). The average molecular weight is 359 g/mol. The zero-order chi connectivity index (χ0) is 13.2. The van der Waals surface area contributed by atoms with E-state index in [1.807, 2.05) is 6.07 Å². The number of nitrogen functional groups attached to an aromatic ring is 1. The molecule has 0 aromatic heterocycles. The second-order valence-corrected chi connectivity index (χ2v) is 6.24. The first-order valence-electron chi connectivity index (χ1n) is 7.28. The molecule has 0 amide bonds. The Bertz CT molecular complexity index is 336. The number of nitrogens with two attached hydrogens (primary N) is 1. The van der Waals surface area contributed by atoms with Gasteiger partial charge in [-0.15, -0.1) is 0 Å². The highest BCUT2D eigenvalue weighted by Crippen LogP contribution is 2.18. The lowest BCUT2D eigenvalue weighted by molar-refractivity contribution is 0.575. The van der Waals surface area contributed by atoms with Crippen LogP contribution in [0.1, 0.15) is 63.9 Å². The van der Waals surface area contributed by atoms with Gasteiger partial charge < -0.3 is 5.73 Å². The highest BCUT2D eigenvalue weighted by molar-refractivity contribution is 14.1. The van der Waals surface area contributed by atoms with Crippen molar-refractivity contribution in [2.45, 2.75) is 64.7 Å². The molecule has 0 radical (unpaired) electrons. The average Bonchev–Trinajstić information content (AvgIpc) is 2.37. The highest BCUT2D eigenvalue weighted by Gasteiger charge is 1.98. The third-order valence-corrected chi connectivity index (χ3v) is 4.32. The van der Waals surface area contributed by atoms with Gasteiger partial charge in [-0.2, -0.15) is 0 Å². The third kappa shape index (κ3) is 6.62. The molecule has 1 aromatic carbocycles. The van der Waals surface area contributed by atoms with Gasteiger partial charge in [0.05, 0.1) is 0 Å². The molecule has 0 heterocycles. The van der Waals surface area contributed by atoms with Gasteiger partial charge in [0, 0.05) is 9.26 Å². The van der Waals surface area contributed by atoms with E-state index in [1.54, 1.807) is 0 Å². The molecular formula is C16H26IN. The Hall–Kier alpha value is -0.250. The summed E-state index contributed by atoms with van der Waals surface area (Å²) >= 11 is 2.31. The maximum atomic E-state index is 5.82. The molecule has 1 aromatic rings. The highest BCUT2D eigenvalue weighted by atomic mass is 127. The van der Waals surface area contributed by atoms with Crippen molar-refractivity contribution < 1.29 is 0 Å². The fraction of sp³-hybridized carbons (Fsp3) is 0.625. The van der Waals surface area contributed by atoms with E-state index in [9.17, 15) is 0 Å². The molecule has 18 heavy (non-hydrogen) atoms. The van der Waals surface area contributed by atoms with E-state index in [4.69, 9.17) is 5.73 Å². The topological polar surface area (TPSA) is 26.0 Å². The number of hydrogen-bond acceptors (Lipinski definition) is 1. The molecular weight excluding hydrogens is 333 g/mol. The van der Waals surface area contributed by atoms with Crippen LogP contribution in [0.5, 0.6) is 0 Å². The van der Waals surface area contributed by atoms with Crippen molar-refractivity contribution in [2.24, 2.45) is 0 Å². The van der Waals surface area contributed by atoms with E-state index < -0.39 is 0 Å². The lowest BCUT2D eigenvalue weighted by Gasteiger charge is -2.04. The van der Waals surface area contributed by atoms with Crippen LogP contribution < -0.4 is 5.73 Å². The lowest BCUT2D eigenvalue weighted by Crippen LogP contribution is -1.92. The molecule has 0 bridgehead atoms. The molecule has 0 unspecified atom stereocenters. The molecule has 0 aliphatic heterocycles. The summed E-state index contributed by atoms with van der Waals surface area (Å²) in [6.45, 7) is 2.27. The van der Waals surface area contributed by atoms with Crippen LogP contribution in [0.25, 0.3) is 0 Å². The Morgan fingerprint density at radius 3 is 2.17 bits per heavy atom. The largest absolute Gasteiger partial charge is 0.398 e. The van der Waals surface area contributed by atoms with Crippen molar-refractivity contribution in [2.75, 3.05) is 5.73 Å². The number of rotatable bonds is 9. The smallest absolute Gasteiger partial charge is 0.0449 e. The normalized spacial score (nSPS) is 10.8. The number of hydrogen-bond donors (Lipinski definition) is 1. The molecule has 0 saturated heterocycles. The fourth-order valence-corrected chi connectivity index (χ4v) is 2.77. The predicted octanol–water partition coefficient (Wildman–Crippen LogP) is 5.56. The number of benzene rings is 1. The van der Waals surface area contributed by atoms with Crippen LogP contribution in [0.2, 0.25) is 0 Å². The summed E-state index contributed by atoms with van der Waals surface area (Å²) in [4.78, 5) is 0. The molecule has 0 saturated carbocycles. The SMILES string of the molecule is CCCCCCCCCCc1ccc(N)c(I)c1. The number of anilines is 1. The van der Waals surface area contributed by atoms with Gasteiger partial charge in [-0.3, -0.25) is 0 Å². The summed E-state index contributed by atoms with van der Waals surface area (Å²) in [6.07, 6.45) is 12.3. The van der Waals surface area contributed by atoms with E-state index >= 15 is 0 Å². The van der Waals surface area contributed by atoms with Gasteiger partial charge in [0.15, 0.2) is 0 Å². The van der Waals surface area contributed by atoms with Gasteiger partial charge in [0.1, 0.15) is 0 Å². The van der Waals surface area contributed by atoms with Crippen LogP contribution in [0.15, 0.2) is 18.2 Å². The number of halogens is 1. The van der Waals surface area contributed by atoms with E-state index in [1.165, 1.54) is 66.9 Å². The monoisotopic (exact) mass is 359 g/mol. The molecule has 102 valence electrons. The third-order valence-electron chi connectivity index (χ3n) is 3.38. The van der Waals surface area contributed by atoms with E-state index in [2.05, 4.69) is 41.6 Å². The predicted molar refractivity (Wildman–Crippen MR) is 89.9 cm³/mol. The summed E-state index contributed by atoms with van der Waals surface area (Å²) in [6, 6.07) is 6.41. The van der Waals surface area contributed by atoms with Crippen molar-refractivity contribution >= 4 is 28.3 Å². The van der Waals surface area contributed by atoms with Crippen LogP contribution in [0, 0.1) is 3.57 Å². The van der Waals surface area contributed by atoms with Crippen molar-refractivity contribution in [3.05, 3.63) is 27.3 Å². The van der Waals surface area contributed by atoms with Crippen molar-refractivity contribution in [1.82, 2.24) is 0 Å². The molecule has 0 atom stereocenters. The minimum absolute atomic E-state index is 0.898. The van der Waals surface area contributed by atoms with Gasteiger partial charge in [-0.1, -0.05) is 57.9 Å². The molecule has 0 spiro atoms. The Kier molecular flexibility index (Phi) is 8.47. The van der Waals surface area contributed by atoms with E-state index in [0.29, 0.717) is 0 Å². The van der Waals surface area contributed by atoms with Gasteiger partial charge >= 0.3 is 0 Å². The van der Waals surface area contributed by atoms with Gasteiger partial charge in [-0.25, -0.2) is 0 Å². The Balaban J connectivity index is 2.05. The first-order valence-corrected chi connectivity index (χ1v) is 8.36. The second kappa shape index (κ2) is 9.65. The maximum Gasteiger partial charge on any atom is 0.0449 e. The first-order chi connectivity index (χ1) is 8.74. The molecule has 2 heteroatoms. The summed E-state index contributed by atoms with van der Waals surface area (Å²) < 4.78 is 1.18. The molecule has 2 N–H and O–H groups in total. The minimum Gasteiger partial charge on any atom is -0.398 e. The summed E-state index contributed by atoms with van der Waals surface area (Å²) in [7, 11) is 0. The standard InChI is InChI=1S/C16H26IN/c1-2-3-4-5-6-7-8-9-10-14-11-12-16(18)15(17)13-14/h11-13H,2-10,18H2,1H3. The van der Waals surface area contributed by atoms with Crippen molar-refractivity contribution in [1.29, 1.82) is 0 Å². The Morgan fingerprint density at radius 2 is 1.56 bits per heavy atom. The Morgan fingerprint density at radius 1 is 0.944 bits per heavy atom. The van der Waals surface area contributed by atoms with Crippen LogP contribution >= 0.6 is 22.6 Å². The maximum absolute atomic E-state index is 5.82. The van der Waals surface area contributed by atoms with Crippen LogP contribution in [-0.4, -0.2) is 0 Å². The summed E-state index contributed by atoms with van der Waals surface area (Å²) in [5, 5.41) is 0. The van der Waals surface area contributed by atoms with Crippen LogP contribution in [0.4, 0.5) is 5.69 Å². The molecule has 1 nitrogen and oxygen atoms in total. The number of unbranched alkanes of at least 4 members (excludes halogenated alkanes) is 7. The summed E-state index contributed by atoms with van der Waals surface area (Å²) in [5.74, 6) is 0. The second-order valence-electron chi connectivity index (χ2n) is 5.08. The van der Waals surface area contributed by atoms with Crippen molar-refractivity contribution in [3.63, 3.8) is 0 Å². The van der Waals surface area contributed by atoms with Gasteiger partial charge in [0.2, 0.25) is 0 Å². The number of aryl methyl sites for hydroxylation is 1. The minimum atomic E-state index is 0.898. The van der Waals surface area contributed by atoms with E-state index in [0.717, 1.165) is 5.69 Å². The molecule has 0 aliphatic rings. The zero-order valence-corrected chi connectivity index (χ0v) is 13.7. The molecule has 0 aliphatic carbocycles. The quantitative estimate of drug-likeness (QED) is 0.349. The van der Waals surface area contributed by atoms with E-state index in [-0.39, 0.29) is 0 Å². The lowest BCUT2D eigenvalue weighted by atomic mass is 10.0. The van der Waals surface area contributed by atoms with Gasteiger partial charge in [0.25, 0.3) is 0 Å². The molecule has 0 fully saturated rings.